The molecule has 3 heteroatoms. The van der Waals surface area contributed by atoms with Crippen molar-refractivity contribution in [1.29, 1.82) is 0 Å². The molecular formula is C10H17N3. The molecule has 3 nitrogen and oxygen atoms in total. The number of fused-ring (bicyclic) bond motifs is 1. The van der Waals surface area contributed by atoms with E-state index in [1.54, 1.807) is 0 Å². The Kier molecular flexibility index (Phi) is 2.36. The molecule has 0 aromatic carbocycles. The van der Waals surface area contributed by atoms with E-state index in [0.717, 1.165) is 18.9 Å². The topological polar surface area (TPSA) is 43.8 Å². The molecule has 0 bridgehead atoms. The van der Waals surface area contributed by atoms with Crippen molar-refractivity contribution in [1.82, 2.24) is 9.55 Å². The number of nitrogens with two attached hydrogens (primary N) is 1. The van der Waals surface area contributed by atoms with E-state index >= 15 is 0 Å². The first kappa shape index (κ1) is 8.75. The molecule has 0 aliphatic carbocycles. The Hall–Kier alpha value is -0.830. The second-order valence-electron chi connectivity index (χ2n) is 3.95. The van der Waals surface area contributed by atoms with Gasteiger partial charge in [-0.25, -0.2) is 4.98 Å². The molecule has 0 saturated carbocycles. The molecule has 1 aromatic rings. The Morgan fingerprint density at radius 3 is 3.31 bits per heavy atom. The van der Waals surface area contributed by atoms with Crippen LogP contribution in [-0.2, 0) is 19.4 Å². The normalized spacial score (nSPS) is 21.5. The third-order valence-electron chi connectivity index (χ3n) is 2.79. The summed E-state index contributed by atoms with van der Waals surface area (Å²) in [4.78, 5) is 4.40. The van der Waals surface area contributed by atoms with Crippen molar-refractivity contribution in [2.24, 2.45) is 11.7 Å². The first-order valence-electron chi connectivity index (χ1n) is 5.04. The van der Waals surface area contributed by atoms with E-state index in [-0.39, 0.29) is 0 Å². The standard InChI is InChI=1S/C10H17N3/c1-8-3-5-13-9(6-8)7-12-10(13)2-4-11/h7-8H,2-6,11H2,1H3. The Morgan fingerprint density at radius 2 is 2.54 bits per heavy atom. The van der Waals surface area contributed by atoms with Crippen LogP contribution in [0.3, 0.4) is 0 Å². The van der Waals surface area contributed by atoms with Crippen LogP contribution >= 0.6 is 0 Å². The molecule has 1 unspecified atom stereocenters. The van der Waals surface area contributed by atoms with Crippen molar-refractivity contribution in [2.75, 3.05) is 6.54 Å². The summed E-state index contributed by atoms with van der Waals surface area (Å²) in [6.07, 6.45) is 5.38. The summed E-state index contributed by atoms with van der Waals surface area (Å²) in [5.74, 6) is 1.99. The van der Waals surface area contributed by atoms with Crippen molar-refractivity contribution in [3.8, 4) is 0 Å². The predicted octanol–water partition coefficient (Wildman–Crippen LogP) is 0.967. The van der Waals surface area contributed by atoms with E-state index in [2.05, 4.69) is 16.5 Å². The quantitative estimate of drug-likeness (QED) is 0.735. The molecule has 2 rings (SSSR count). The number of hydrogen-bond acceptors (Lipinski definition) is 2. The lowest BCUT2D eigenvalue weighted by Crippen LogP contribution is -2.19. The molecule has 2 N–H and O–H groups in total. The van der Waals surface area contributed by atoms with Gasteiger partial charge >= 0.3 is 0 Å². The van der Waals surface area contributed by atoms with E-state index in [0.29, 0.717) is 6.54 Å². The second-order valence-corrected chi connectivity index (χ2v) is 3.95. The van der Waals surface area contributed by atoms with Crippen LogP contribution in [0.5, 0.6) is 0 Å². The molecule has 2 heterocycles. The lowest BCUT2D eigenvalue weighted by atomic mass is 9.99. The molecule has 0 amide bonds. The summed E-state index contributed by atoms with van der Waals surface area (Å²) >= 11 is 0. The van der Waals surface area contributed by atoms with E-state index in [1.165, 1.54) is 24.4 Å². The summed E-state index contributed by atoms with van der Waals surface area (Å²) in [5, 5.41) is 0. The predicted molar refractivity (Wildman–Crippen MR) is 52.5 cm³/mol. The van der Waals surface area contributed by atoms with E-state index in [4.69, 9.17) is 5.73 Å². The molecule has 0 saturated heterocycles. The van der Waals surface area contributed by atoms with Gasteiger partial charge in [0.2, 0.25) is 0 Å². The van der Waals surface area contributed by atoms with Gasteiger partial charge in [0.15, 0.2) is 0 Å². The number of nitrogens with zero attached hydrogens (tertiary/aromatic N) is 2. The molecule has 1 aliphatic heterocycles. The van der Waals surface area contributed by atoms with Gasteiger partial charge in [-0.2, -0.15) is 0 Å². The second kappa shape index (κ2) is 3.50. The summed E-state index contributed by atoms with van der Waals surface area (Å²) < 4.78 is 2.34. The zero-order valence-electron chi connectivity index (χ0n) is 8.16. The van der Waals surface area contributed by atoms with Crippen molar-refractivity contribution in [2.45, 2.75) is 32.7 Å². The lowest BCUT2D eigenvalue weighted by Gasteiger charge is -2.21. The molecule has 0 spiro atoms. The molecule has 1 aromatic heterocycles. The van der Waals surface area contributed by atoms with Crippen LogP contribution in [-0.4, -0.2) is 16.1 Å². The minimum Gasteiger partial charge on any atom is -0.332 e. The third-order valence-corrected chi connectivity index (χ3v) is 2.79. The fourth-order valence-corrected chi connectivity index (χ4v) is 2.03. The van der Waals surface area contributed by atoms with Crippen LogP contribution in [0.25, 0.3) is 0 Å². The fraction of sp³-hybridized carbons (Fsp3) is 0.700. The average Bonchev–Trinajstić information content (AvgIpc) is 2.49. The number of imidazole rings is 1. The van der Waals surface area contributed by atoms with Gasteiger partial charge in [0.25, 0.3) is 0 Å². The van der Waals surface area contributed by atoms with Crippen LogP contribution in [0.4, 0.5) is 0 Å². The van der Waals surface area contributed by atoms with Crippen LogP contribution in [0, 0.1) is 5.92 Å². The summed E-state index contributed by atoms with van der Waals surface area (Å²) in [6, 6.07) is 0. The van der Waals surface area contributed by atoms with Gasteiger partial charge in [0.1, 0.15) is 5.82 Å². The molecule has 0 fully saturated rings. The largest absolute Gasteiger partial charge is 0.332 e. The fourth-order valence-electron chi connectivity index (χ4n) is 2.03. The Labute approximate surface area is 79.0 Å². The maximum absolute atomic E-state index is 5.53. The van der Waals surface area contributed by atoms with Gasteiger partial charge in [0.05, 0.1) is 0 Å². The minimum atomic E-state index is 0.700. The number of rotatable bonds is 2. The minimum absolute atomic E-state index is 0.700. The summed E-state index contributed by atoms with van der Waals surface area (Å²) in [7, 11) is 0. The van der Waals surface area contributed by atoms with Crippen LogP contribution in [0.1, 0.15) is 24.9 Å². The maximum Gasteiger partial charge on any atom is 0.110 e. The molecule has 0 radical (unpaired) electrons. The van der Waals surface area contributed by atoms with Gasteiger partial charge in [-0.1, -0.05) is 6.92 Å². The summed E-state index contributed by atoms with van der Waals surface area (Å²) in [6.45, 7) is 4.14. The zero-order chi connectivity index (χ0) is 9.26. The van der Waals surface area contributed by atoms with Crippen LogP contribution in [0.15, 0.2) is 6.20 Å². The average molecular weight is 179 g/mol. The van der Waals surface area contributed by atoms with Crippen molar-refractivity contribution in [3.05, 3.63) is 17.7 Å². The maximum atomic E-state index is 5.53. The highest BCUT2D eigenvalue weighted by Gasteiger charge is 2.17. The van der Waals surface area contributed by atoms with Crippen molar-refractivity contribution < 1.29 is 0 Å². The first-order valence-corrected chi connectivity index (χ1v) is 5.04. The van der Waals surface area contributed by atoms with E-state index < -0.39 is 0 Å². The number of hydrogen-bond donors (Lipinski definition) is 1. The first-order chi connectivity index (χ1) is 6.31. The SMILES string of the molecule is CC1CCn2c(cnc2CCN)C1. The molecule has 1 aliphatic rings. The number of aromatic nitrogens is 2. The highest BCUT2D eigenvalue weighted by molar-refractivity contribution is 5.09. The Balaban J connectivity index is 2.23. The van der Waals surface area contributed by atoms with Crippen LogP contribution < -0.4 is 5.73 Å². The molecular weight excluding hydrogens is 162 g/mol. The molecule has 13 heavy (non-hydrogen) atoms. The summed E-state index contributed by atoms with van der Waals surface area (Å²) in [5.41, 5.74) is 6.92. The van der Waals surface area contributed by atoms with Gasteiger partial charge in [-0.05, 0) is 25.3 Å². The third kappa shape index (κ3) is 1.61. The van der Waals surface area contributed by atoms with Gasteiger partial charge in [-0.15, -0.1) is 0 Å². The van der Waals surface area contributed by atoms with Gasteiger partial charge < -0.3 is 10.3 Å². The van der Waals surface area contributed by atoms with Crippen molar-refractivity contribution >= 4 is 0 Å². The van der Waals surface area contributed by atoms with E-state index in [9.17, 15) is 0 Å². The van der Waals surface area contributed by atoms with Gasteiger partial charge in [0, 0.05) is 24.9 Å². The van der Waals surface area contributed by atoms with Crippen molar-refractivity contribution in [3.63, 3.8) is 0 Å². The van der Waals surface area contributed by atoms with E-state index in [1.807, 2.05) is 6.20 Å². The molecule has 72 valence electrons. The highest BCUT2D eigenvalue weighted by atomic mass is 15.1. The Morgan fingerprint density at radius 1 is 1.69 bits per heavy atom. The molecule has 1 atom stereocenters. The lowest BCUT2D eigenvalue weighted by molar-refractivity contribution is 0.409. The zero-order valence-corrected chi connectivity index (χ0v) is 8.16. The smallest absolute Gasteiger partial charge is 0.110 e. The van der Waals surface area contributed by atoms with Gasteiger partial charge in [-0.3, -0.25) is 0 Å². The Bertz CT molecular complexity index is 277. The monoisotopic (exact) mass is 179 g/mol. The highest BCUT2D eigenvalue weighted by Crippen LogP contribution is 2.21. The van der Waals surface area contributed by atoms with Crippen LogP contribution in [0.2, 0.25) is 0 Å².